The van der Waals surface area contributed by atoms with E-state index in [-0.39, 0.29) is 5.41 Å². The van der Waals surface area contributed by atoms with E-state index in [2.05, 4.69) is 208 Å². The zero-order valence-electron chi connectivity index (χ0n) is 32.0. The monoisotopic (exact) mass is 722 g/mol. The molecule has 0 saturated carbocycles. The molecule has 0 radical (unpaired) electrons. The Labute approximate surface area is 332 Å². The van der Waals surface area contributed by atoms with Gasteiger partial charge in [0.2, 0.25) is 0 Å². The van der Waals surface area contributed by atoms with Gasteiger partial charge in [0.15, 0.2) is 0 Å². The van der Waals surface area contributed by atoms with Crippen LogP contribution in [0.3, 0.4) is 0 Å². The van der Waals surface area contributed by atoms with Crippen molar-refractivity contribution in [3.8, 4) is 44.5 Å². The lowest BCUT2D eigenvalue weighted by atomic mass is 9.79. The number of hydrogen-bond donors (Lipinski definition) is 0. The standard InChI is InChI=1S/C57H38/c1-57(2)52-34-42-32-41(29-28-39(42)33-51(52)55-45-20-7-5-18-43(45)44-19-6-12-25-50(44)56(55)57)54-48-23-10-8-21-46(48)53(47-22-9-11-24-49(47)54)40-17-13-16-37(31-40)38-27-26-35-14-3-4-15-36(35)30-38/h3-34H,1-2H3. The van der Waals surface area contributed by atoms with E-state index in [9.17, 15) is 0 Å². The van der Waals surface area contributed by atoms with Crippen molar-refractivity contribution in [2.45, 2.75) is 19.3 Å². The minimum atomic E-state index is -0.152. The van der Waals surface area contributed by atoms with Gasteiger partial charge in [0.1, 0.15) is 0 Å². The van der Waals surface area contributed by atoms with Gasteiger partial charge >= 0.3 is 0 Å². The average molecular weight is 723 g/mol. The van der Waals surface area contributed by atoms with Crippen LogP contribution in [0.1, 0.15) is 25.0 Å². The minimum Gasteiger partial charge on any atom is -0.0616 e. The van der Waals surface area contributed by atoms with Crippen molar-refractivity contribution >= 4 is 64.6 Å². The van der Waals surface area contributed by atoms with E-state index in [4.69, 9.17) is 0 Å². The molecular weight excluding hydrogens is 685 g/mol. The van der Waals surface area contributed by atoms with Crippen molar-refractivity contribution in [3.63, 3.8) is 0 Å². The lowest BCUT2D eigenvalue weighted by Crippen LogP contribution is -2.15. The van der Waals surface area contributed by atoms with Crippen LogP contribution in [0.2, 0.25) is 0 Å². The predicted molar refractivity (Wildman–Crippen MR) is 245 cm³/mol. The number of fused-ring (bicyclic) bond motifs is 12. The Morgan fingerprint density at radius 1 is 0.281 bits per heavy atom. The van der Waals surface area contributed by atoms with Crippen LogP contribution in [0.25, 0.3) is 109 Å². The molecule has 0 aliphatic heterocycles. The van der Waals surface area contributed by atoms with Gasteiger partial charge < -0.3 is 0 Å². The van der Waals surface area contributed by atoms with E-state index in [0.717, 1.165) is 0 Å². The van der Waals surface area contributed by atoms with Gasteiger partial charge in [-0.15, -0.1) is 0 Å². The van der Waals surface area contributed by atoms with Crippen LogP contribution in [0.5, 0.6) is 0 Å². The Balaban J connectivity index is 1.06. The molecule has 0 nitrogen and oxygen atoms in total. The lowest BCUT2D eigenvalue weighted by molar-refractivity contribution is 0.667. The molecule has 0 saturated heterocycles. The van der Waals surface area contributed by atoms with Crippen molar-refractivity contribution < 1.29 is 0 Å². The van der Waals surface area contributed by atoms with Crippen molar-refractivity contribution in [2.75, 3.05) is 0 Å². The molecule has 11 aromatic rings. The first-order valence-corrected chi connectivity index (χ1v) is 20.1. The fourth-order valence-corrected chi connectivity index (χ4v) is 10.4. The average Bonchev–Trinajstić information content (AvgIpc) is 3.50. The Kier molecular flexibility index (Phi) is 6.78. The van der Waals surface area contributed by atoms with E-state index in [1.54, 1.807) is 0 Å². The predicted octanol–water partition coefficient (Wildman–Crippen LogP) is 15.9. The van der Waals surface area contributed by atoms with Crippen LogP contribution in [0.4, 0.5) is 0 Å². The highest BCUT2D eigenvalue weighted by Crippen LogP contribution is 2.55. The van der Waals surface area contributed by atoms with E-state index < -0.39 is 0 Å². The van der Waals surface area contributed by atoms with Gasteiger partial charge in [0, 0.05) is 5.41 Å². The van der Waals surface area contributed by atoms with Crippen LogP contribution in [-0.4, -0.2) is 0 Å². The normalized spacial score (nSPS) is 13.2. The molecule has 0 atom stereocenters. The van der Waals surface area contributed by atoms with E-state index in [0.29, 0.717) is 0 Å². The van der Waals surface area contributed by atoms with Gasteiger partial charge in [-0.2, -0.15) is 0 Å². The highest BCUT2D eigenvalue weighted by molar-refractivity contribution is 6.22. The van der Waals surface area contributed by atoms with Crippen LogP contribution in [-0.2, 0) is 5.41 Å². The van der Waals surface area contributed by atoms with Gasteiger partial charge in [0.05, 0.1) is 0 Å². The largest absolute Gasteiger partial charge is 0.0616 e. The van der Waals surface area contributed by atoms with Crippen molar-refractivity contribution in [1.29, 1.82) is 0 Å². The number of hydrogen-bond acceptors (Lipinski definition) is 0. The Bertz CT molecular complexity index is 3430. The van der Waals surface area contributed by atoms with E-state index in [1.165, 1.54) is 120 Å². The van der Waals surface area contributed by atoms with E-state index >= 15 is 0 Å². The summed E-state index contributed by atoms with van der Waals surface area (Å²) in [6.07, 6.45) is 0. The number of rotatable bonds is 3. The maximum atomic E-state index is 2.49. The van der Waals surface area contributed by atoms with Crippen molar-refractivity contribution in [3.05, 3.63) is 205 Å². The first kappa shape index (κ1) is 32.2. The maximum Gasteiger partial charge on any atom is 0.0165 e. The first-order chi connectivity index (χ1) is 28.0. The Hall–Kier alpha value is -7.02. The highest BCUT2D eigenvalue weighted by atomic mass is 14.4. The molecule has 0 bridgehead atoms. The van der Waals surface area contributed by atoms with Gasteiger partial charge in [-0.25, -0.2) is 0 Å². The molecule has 12 rings (SSSR count). The molecule has 1 aliphatic carbocycles. The summed E-state index contributed by atoms with van der Waals surface area (Å²) in [5.74, 6) is 0. The lowest BCUT2D eigenvalue weighted by Gasteiger charge is -2.24. The molecule has 11 aromatic carbocycles. The summed E-state index contributed by atoms with van der Waals surface area (Å²) in [6, 6.07) is 72.6. The topological polar surface area (TPSA) is 0 Å². The quantitative estimate of drug-likeness (QED) is 0.126. The van der Waals surface area contributed by atoms with Gasteiger partial charge in [-0.1, -0.05) is 178 Å². The second-order valence-corrected chi connectivity index (χ2v) is 16.4. The van der Waals surface area contributed by atoms with Crippen molar-refractivity contribution in [2.24, 2.45) is 0 Å². The summed E-state index contributed by atoms with van der Waals surface area (Å²) in [5.41, 5.74) is 13.0. The minimum absolute atomic E-state index is 0.152. The van der Waals surface area contributed by atoms with Crippen LogP contribution < -0.4 is 0 Å². The van der Waals surface area contributed by atoms with Crippen LogP contribution >= 0.6 is 0 Å². The van der Waals surface area contributed by atoms with E-state index in [1.807, 2.05) is 0 Å². The zero-order chi connectivity index (χ0) is 37.8. The molecule has 0 heterocycles. The second kappa shape index (κ2) is 12.0. The van der Waals surface area contributed by atoms with Gasteiger partial charge in [-0.05, 0) is 151 Å². The molecule has 0 heteroatoms. The van der Waals surface area contributed by atoms with Crippen LogP contribution in [0, 0.1) is 0 Å². The summed E-state index contributed by atoms with van der Waals surface area (Å²) in [5, 5.41) is 15.5. The zero-order valence-corrected chi connectivity index (χ0v) is 32.0. The number of benzene rings is 11. The maximum absolute atomic E-state index is 2.49. The summed E-state index contributed by atoms with van der Waals surface area (Å²) >= 11 is 0. The summed E-state index contributed by atoms with van der Waals surface area (Å²) < 4.78 is 0. The smallest absolute Gasteiger partial charge is 0.0165 e. The summed E-state index contributed by atoms with van der Waals surface area (Å²) in [6.45, 7) is 4.84. The first-order valence-electron chi connectivity index (χ1n) is 20.1. The molecule has 0 N–H and O–H groups in total. The molecular formula is C57H38. The highest BCUT2D eigenvalue weighted by Gasteiger charge is 2.38. The molecule has 0 amide bonds. The molecule has 1 aliphatic rings. The molecule has 0 unspecified atom stereocenters. The molecule has 266 valence electrons. The Morgan fingerprint density at radius 3 is 1.39 bits per heavy atom. The summed E-state index contributed by atoms with van der Waals surface area (Å²) in [4.78, 5) is 0. The second-order valence-electron chi connectivity index (χ2n) is 16.4. The van der Waals surface area contributed by atoms with Gasteiger partial charge in [0.25, 0.3) is 0 Å². The SMILES string of the molecule is CC1(C)c2cc3cc(-c4c5ccccc5c(-c5cccc(-c6ccc7ccccc7c6)c5)c5ccccc45)ccc3cc2-c2c1c1ccccc1c1ccccc21. The van der Waals surface area contributed by atoms with Crippen molar-refractivity contribution in [1.82, 2.24) is 0 Å². The molecule has 0 fully saturated rings. The third-order valence-corrected chi connectivity index (χ3v) is 12.9. The molecule has 57 heavy (non-hydrogen) atoms. The van der Waals surface area contributed by atoms with Crippen LogP contribution in [0.15, 0.2) is 194 Å². The Morgan fingerprint density at radius 2 is 0.719 bits per heavy atom. The summed E-state index contributed by atoms with van der Waals surface area (Å²) in [7, 11) is 0. The third-order valence-electron chi connectivity index (χ3n) is 12.9. The molecule has 0 spiro atoms. The molecule has 0 aromatic heterocycles. The fourth-order valence-electron chi connectivity index (χ4n) is 10.4. The third kappa shape index (κ3) is 4.68. The fraction of sp³-hybridized carbons (Fsp3) is 0.0526. The van der Waals surface area contributed by atoms with Gasteiger partial charge in [-0.3, -0.25) is 0 Å².